The molecule has 0 aliphatic carbocycles. The number of aryl methyl sites for hydroxylation is 1. The van der Waals surface area contributed by atoms with Gasteiger partial charge in [-0.25, -0.2) is 0 Å². The van der Waals surface area contributed by atoms with Crippen LogP contribution in [-0.2, 0) is 11.2 Å². The van der Waals surface area contributed by atoms with Gasteiger partial charge in [-0.2, -0.15) is 0 Å². The average molecular weight is 327 g/mol. The van der Waals surface area contributed by atoms with Crippen molar-refractivity contribution >= 4 is 17.5 Å². The Morgan fingerprint density at radius 3 is 2.46 bits per heavy atom. The van der Waals surface area contributed by atoms with Gasteiger partial charge in [0.2, 0.25) is 0 Å². The van der Waals surface area contributed by atoms with Gasteiger partial charge in [0, 0.05) is 17.7 Å². The molecule has 0 aromatic heterocycles. The number of ether oxygens (including phenoxy) is 2. The Hall–Kier alpha value is -3.02. The Labute approximate surface area is 140 Å². The van der Waals surface area contributed by atoms with Gasteiger partial charge in [-0.15, -0.1) is 0 Å². The number of nitrogens with two attached hydrogens (primary N) is 2. The second-order valence-electron chi connectivity index (χ2n) is 5.35. The zero-order valence-corrected chi connectivity index (χ0v) is 13.5. The van der Waals surface area contributed by atoms with Crippen molar-refractivity contribution in [1.82, 2.24) is 0 Å². The topological polar surface area (TPSA) is 111 Å². The number of nitrogen functional groups attached to an aromatic ring is 2. The van der Waals surface area contributed by atoms with Crippen LogP contribution in [0.5, 0.6) is 11.5 Å². The molecule has 0 saturated carbocycles. The maximum Gasteiger partial charge on any atom is 0.311 e. The van der Waals surface area contributed by atoms with Crippen molar-refractivity contribution in [2.75, 3.05) is 12.8 Å². The van der Waals surface area contributed by atoms with Crippen molar-refractivity contribution in [3.63, 3.8) is 0 Å². The molecule has 0 saturated heterocycles. The van der Waals surface area contributed by atoms with Crippen molar-refractivity contribution in [3.05, 3.63) is 53.6 Å². The molecule has 126 valence electrons. The SMILES string of the molecule is COc1cc(C(=N)N)ccc1OC(=O)CCCc1ccc(N)cc1. The molecule has 0 bridgehead atoms. The van der Waals surface area contributed by atoms with E-state index in [9.17, 15) is 4.79 Å². The Kier molecular flexibility index (Phi) is 5.78. The second kappa shape index (κ2) is 8.01. The molecule has 2 aromatic carbocycles. The van der Waals surface area contributed by atoms with Gasteiger partial charge in [0.25, 0.3) is 0 Å². The maximum absolute atomic E-state index is 12.0. The van der Waals surface area contributed by atoms with E-state index in [0.29, 0.717) is 29.9 Å². The number of benzene rings is 2. The van der Waals surface area contributed by atoms with Crippen molar-refractivity contribution in [1.29, 1.82) is 5.41 Å². The summed E-state index contributed by atoms with van der Waals surface area (Å²) >= 11 is 0. The van der Waals surface area contributed by atoms with Crippen molar-refractivity contribution in [3.8, 4) is 11.5 Å². The Bertz CT molecular complexity index is 727. The van der Waals surface area contributed by atoms with Crippen LogP contribution in [0, 0.1) is 5.41 Å². The predicted molar refractivity (Wildman–Crippen MR) is 93.4 cm³/mol. The van der Waals surface area contributed by atoms with E-state index in [2.05, 4.69) is 0 Å². The van der Waals surface area contributed by atoms with Crippen LogP contribution in [0.15, 0.2) is 42.5 Å². The van der Waals surface area contributed by atoms with Gasteiger partial charge in [0.15, 0.2) is 11.5 Å². The van der Waals surface area contributed by atoms with E-state index in [1.165, 1.54) is 7.11 Å². The van der Waals surface area contributed by atoms with Gasteiger partial charge in [0.05, 0.1) is 7.11 Å². The molecular formula is C18H21N3O3. The van der Waals surface area contributed by atoms with Gasteiger partial charge in [0.1, 0.15) is 5.84 Å². The number of methoxy groups -OCH3 is 1. The minimum absolute atomic E-state index is 0.0744. The Balaban J connectivity index is 1.90. The number of carbonyl (C=O) groups is 1. The molecular weight excluding hydrogens is 306 g/mol. The highest BCUT2D eigenvalue weighted by atomic mass is 16.6. The van der Waals surface area contributed by atoms with E-state index < -0.39 is 0 Å². The molecule has 0 fully saturated rings. The normalized spacial score (nSPS) is 10.2. The van der Waals surface area contributed by atoms with E-state index in [1.54, 1.807) is 18.2 Å². The molecule has 2 rings (SSSR count). The summed E-state index contributed by atoms with van der Waals surface area (Å²) in [7, 11) is 1.47. The molecule has 6 nitrogen and oxygen atoms in total. The average Bonchev–Trinajstić information content (AvgIpc) is 2.56. The lowest BCUT2D eigenvalue weighted by Gasteiger charge is -2.10. The lowest BCUT2D eigenvalue weighted by Crippen LogP contribution is -2.12. The summed E-state index contributed by atoms with van der Waals surface area (Å²) in [6.07, 6.45) is 1.74. The smallest absolute Gasteiger partial charge is 0.311 e. The third-order valence-electron chi connectivity index (χ3n) is 3.52. The molecule has 24 heavy (non-hydrogen) atoms. The zero-order chi connectivity index (χ0) is 17.5. The first-order valence-corrected chi connectivity index (χ1v) is 7.57. The van der Waals surface area contributed by atoms with Crippen LogP contribution < -0.4 is 20.9 Å². The Morgan fingerprint density at radius 2 is 1.83 bits per heavy atom. The van der Waals surface area contributed by atoms with E-state index in [4.69, 9.17) is 26.4 Å². The number of hydrogen-bond acceptors (Lipinski definition) is 5. The number of esters is 1. The van der Waals surface area contributed by atoms with E-state index in [-0.39, 0.29) is 11.8 Å². The maximum atomic E-state index is 12.0. The monoisotopic (exact) mass is 327 g/mol. The second-order valence-corrected chi connectivity index (χ2v) is 5.35. The summed E-state index contributed by atoms with van der Waals surface area (Å²) in [6, 6.07) is 12.3. The van der Waals surface area contributed by atoms with Crippen LogP contribution in [0.2, 0.25) is 0 Å². The molecule has 5 N–H and O–H groups in total. The summed E-state index contributed by atoms with van der Waals surface area (Å²) in [5.41, 5.74) is 13.4. The number of anilines is 1. The molecule has 0 atom stereocenters. The van der Waals surface area contributed by atoms with Crippen LogP contribution >= 0.6 is 0 Å². The Morgan fingerprint density at radius 1 is 1.12 bits per heavy atom. The van der Waals surface area contributed by atoms with Crippen LogP contribution in [0.3, 0.4) is 0 Å². The molecule has 0 aliphatic rings. The zero-order valence-electron chi connectivity index (χ0n) is 13.5. The lowest BCUT2D eigenvalue weighted by atomic mass is 10.1. The molecule has 2 aromatic rings. The summed E-state index contributed by atoms with van der Waals surface area (Å²) in [6.45, 7) is 0. The summed E-state index contributed by atoms with van der Waals surface area (Å²) in [4.78, 5) is 12.0. The van der Waals surface area contributed by atoms with E-state index in [0.717, 1.165) is 17.7 Å². The highest BCUT2D eigenvalue weighted by Crippen LogP contribution is 2.28. The lowest BCUT2D eigenvalue weighted by molar-refractivity contribution is -0.134. The quantitative estimate of drug-likeness (QED) is 0.238. The third kappa shape index (κ3) is 4.74. The van der Waals surface area contributed by atoms with Gasteiger partial charge >= 0.3 is 5.97 Å². The minimum atomic E-state index is -0.334. The fourth-order valence-electron chi connectivity index (χ4n) is 2.21. The molecule has 0 amide bonds. The van der Waals surface area contributed by atoms with Gasteiger partial charge in [-0.1, -0.05) is 12.1 Å². The van der Waals surface area contributed by atoms with E-state index >= 15 is 0 Å². The molecule has 6 heteroatoms. The molecule has 0 radical (unpaired) electrons. The van der Waals surface area contributed by atoms with Crippen molar-refractivity contribution in [2.24, 2.45) is 5.73 Å². The molecule has 0 unspecified atom stereocenters. The van der Waals surface area contributed by atoms with Crippen LogP contribution in [0.25, 0.3) is 0 Å². The van der Waals surface area contributed by atoms with Crippen molar-refractivity contribution < 1.29 is 14.3 Å². The van der Waals surface area contributed by atoms with Gasteiger partial charge in [-0.3, -0.25) is 10.2 Å². The molecule has 0 aliphatic heterocycles. The first-order chi connectivity index (χ1) is 11.5. The standard InChI is InChI=1S/C18H21N3O3/c1-23-16-11-13(18(20)21)7-10-15(16)24-17(22)4-2-3-12-5-8-14(19)9-6-12/h5-11H,2-4,19H2,1H3,(H3,20,21). The predicted octanol–water partition coefficient (Wildman–Crippen LogP) is 2.49. The summed E-state index contributed by atoms with van der Waals surface area (Å²) < 4.78 is 10.5. The summed E-state index contributed by atoms with van der Waals surface area (Å²) in [5, 5.41) is 7.41. The highest BCUT2D eigenvalue weighted by molar-refractivity contribution is 5.95. The number of amidine groups is 1. The molecule has 0 spiro atoms. The van der Waals surface area contributed by atoms with Crippen molar-refractivity contribution in [2.45, 2.75) is 19.3 Å². The molecule has 0 heterocycles. The van der Waals surface area contributed by atoms with Gasteiger partial charge < -0.3 is 20.9 Å². The first-order valence-electron chi connectivity index (χ1n) is 7.57. The number of nitrogens with one attached hydrogen (secondary N) is 1. The fraction of sp³-hybridized carbons (Fsp3) is 0.222. The minimum Gasteiger partial charge on any atom is -0.493 e. The number of rotatable bonds is 7. The number of hydrogen-bond donors (Lipinski definition) is 3. The van der Waals surface area contributed by atoms with Crippen LogP contribution in [0.1, 0.15) is 24.0 Å². The highest BCUT2D eigenvalue weighted by Gasteiger charge is 2.11. The van der Waals surface area contributed by atoms with Crippen LogP contribution in [0.4, 0.5) is 5.69 Å². The largest absolute Gasteiger partial charge is 0.493 e. The van der Waals surface area contributed by atoms with Crippen LogP contribution in [-0.4, -0.2) is 18.9 Å². The fourth-order valence-corrected chi connectivity index (χ4v) is 2.21. The number of carbonyl (C=O) groups excluding carboxylic acids is 1. The van der Waals surface area contributed by atoms with Gasteiger partial charge in [-0.05, 0) is 48.7 Å². The van der Waals surface area contributed by atoms with E-state index in [1.807, 2.05) is 24.3 Å². The first kappa shape index (κ1) is 17.3. The summed E-state index contributed by atoms with van der Waals surface area (Å²) in [5.74, 6) is 0.281. The third-order valence-corrected chi connectivity index (χ3v) is 3.52.